The quantitative estimate of drug-likeness (QED) is 0.582. The number of benzene rings is 1. The third kappa shape index (κ3) is 3.18. The SMILES string of the molecule is O=C(NCc1ccc(O)cc1)C1CC(O)CN1. The number of carbonyl (C=O) groups is 1. The summed E-state index contributed by atoms with van der Waals surface area (Å²) in [6.07, 6.45) is 0.0286. The molecule has 5 heteroatoms. The highest BCUT2D eigenvalue weighted by Gasteiger charge is 2.27. The molecule has 2 atom stereocenters. The van der Waals surface area contributed by atoms with Gasteiger partial charge in [-0.15, -0.1) is 0 Å². The lowest BCUT2D eigenvalue weighted by atomic mass is 10.1. The molecular weight excluding hydrogens is 220 g/mol. The lowest BCUT2D eigenvalue weighted by molar-refractivity contribution is -0.123. The van der Waals surface area contributed by atoms with Crippen LogP contribution >= 0.6 is 0 Å². The van der Waals surface area contributed by atoms with Gasteiger partial charge in [-0.25, -0.2) is 0 Å². The van der Waals surface area contributed by atoms with Crippen LogP contribution in [0.2, 0.25) is 0 Å². The van der Waals surface area contributed by atoms with E-state index >= 15 is 0 Å². The Labute approximate surface area is 99.5 Å². The number of nitrogens with one attached hydrogen (secondary N) is 2. The molecule has 1 saturated heterocycles. The fourth-order valence-electron chi connectivity index (χ4n) is 1.84. The molecule has 1 aliphatic rings. The maximum atomic E-state index is 11.7. The number of phenols is 1. The second-order valence-corrected chi connectivity index (χ2v) is 4.23. The van der Waals surface area contributed by atoms with Crippen LogP contribution in [0.4, 0.5) is 0 Å². The highest BCUT2D eigenvalue weighted by molar-refractivity contribution is 5.82. The third-order valence-electron chi connectivity index (χ3n) is 2.83. The normalized spacial score (nSPS) is 23.6. The molecule has 1 fully saturated rings. The molecule has 2 rings (SSSR count). The molecule has 0 spiro atoms. The van der Waals surface area contributed by atoms with Crippen molar-refractivity contribution in [2.75, 3.05) is 6.54 Å². The summed E-state index contributed by atoms with van der Waals surface area (Å²) in [4.78, 5) is 11.7. The summed E-state index contributed by atoms with van der Waals surface area (Å²) < 4.78 is 0. The predicted molar refractivity (Wildman–Crippen MR) is 62.4 cm³/mol. The van der Waals surface area contributed by atoms with Crippen LogP contribution < -0.4 is 10.6 Å². The van der Waals surface area contributed by atoms with Gasteiger partial charge in [-0.1, -0.05) is 12.1 Å². The molecule has 1 aromatic carbocycles. The van der Waals surface area contributed by atoms with Gasteiger partial charge >= 0.3 is 0 Å². The maximum absolute atomic E-state index is 11.7. The number of β-amino-alcohol motifs (C(OH)–C–C–N with tert-alkyl or cyclic N) is 1. The summed E-state index contributed by atoms with van der Waals surface area (Å²) in [5, 5.41) is 24.1. The molecule has 0 aliphatic carbocycles. The van der Waals surface area contributed by atoms with Crippen molar-refractivity contribution in [1.82, 2.24) is 10.6 Å². The van der Waals surface area contributed by atoms with Crippen molar-refractivity contribution in [3.05, 3.63) is 29.8 Å². The Hall–Kier alpha value is -1.59. The van der Waals surface area contributed by atoms with Gasteiger partial charge in [0.25, 0.3) is 0 Å². The minimum Gasteiger partial charge on any atom is -0.508 e. The number of aromatic hydroxyl groups is 1. The molecule has 1 aromatic rings. The fourth-order valence-corrected chi connectivity index (χ4v) is 1.84. The number of aliphatic hydroxyl groups excluding tert-OH is 1. The molecule has 4 N–H and O–H groups in total. The zero-order valence-corrected chi connectivity index (χ0v) is 9.39. The summed E-state index contributed by atoms with van der Waals surface area (Å²) in [5.74, 6) is 0.107. The first-order valence-electron chi connectivity index (χ1n) is 5.62. The number of aliphatic hydroxyl groups is 1. The van der Waals surface area contributed by atoms with Gasteiger partial charge in [-0.3, -0.25) is 4.79 Å². The van der Waals surface area contributed by atoms with Crippen molar-refractivity contribution in [3.8, 4) is 5.75 Å². The highest BCUT2D eigenvalue weighted by atomic mass is 16.3. The molecule has 0 radical (unpaired) electrons. The van der Waals surface area contributed by atoms with E-state index in [1.807, 2.05) is 0 Å². The number of amides is 1. The lowest BCUT2D eigenvalue weighted by Gasteiger charge is -2.10. The summed E-state index contributed by atoms with van der Waals surface area (Å²) >= 11 is 0. The largest absolute Gasteiger partial charge is 0.508 e. The molecule has 17 heavy (non-hydrogen) atoms. The van der Waals surface area contributed by atoms with Gasteiger partial charge in [0.2, 0.25) is 5.91 Å². The fraction of sp³-hybridized carbons (Fsp3) is 0.417. The van der Waals surface area contributed by atoms with Gasteiger partial charge < -0.3 is 20.8 Å². The highest BCUT2D eigenvalue weighted by Crippen LogP contribution is 2.10. The first kappa shape index (κ1) is 11.9. The lowest BCUT2D eigenvalue weighted by Crippen LogP contribution is -2.39. The van der Waals surface area contributed by atoms with Gasteiger partial charge in [0.15, 0.2) is 0 Å². The average molecular weight is 236 g/mol. The van der Waals surface area contributed by atoms with Gasteiger partial charge in [-0.05, 0) is 24.1 Å². The maximum Gasteiger partial charge on any atom is 0.237 e. The smallest absolute Gasteiger partial charge is 0.237 e. The van der Waals surface area contributed by atoms with Crippen LogP contribution in [0.5, 0.6) is 5.75 Å². The Morgan fingerprint density at radius 2 is 2.12 bits per heavy atom. The molecule has 1 aliphatic heterocycles. The average Bonchev–Trinajstić information content (AvgIpc) is 2.75. The van der Waals surface area contributed by atoms with E-state index in [0.717, 1.165) is 5.56 Å². The van der Waals surface area contributed by atoms with E-state index in [1.54, 1.807) is 24.3 Å². The first-order chi connectivity index (χ1) is 8.15. The summed E-state index contributed by atoms with van der Waals surface area (Å²) in [6.45, 7) is 0.894. The molecule has 2 unspecified atom stereocenters. The Morgan fingerprint density at radius 1 is 1.41 bits per heavy atom. The Balaban J connectivity index is 1.82. The van der Waals surface area contributed by atoms with Gasteiger partial charge in [0.05, 0.1) is 12.1 Å². The van der Waals surface area contributed by atoms with Crippen molar-refractivity contribution in [3.63, 3.8) is 0 Å². The van der Waals surface area contributed by atoms with E-state index in [1.165, 1.54) is 0 Å². The van der Waals surface area contributed by atoms with Crippen molar-refractivity contribution >= 4 is 5.91 Å². The van der Waals surface area contributed by atoms with E-state index in [-0.39, 0.29) is 17.7 Å². The zero-order chi connectivity index (χ0) is 12.3. The molecule has 92 valence electrons. The van der Waals surface area contributed by atoms with Crippen LogP contribution in [0.15, 0.2) is 24.3 Å². The molecule has 1 amide bonds. The van der Waals surface area contributed by atoms with E-state index < -0.39 is 6.10 Å². The molecule has 0 bridgehead atoms. The van der Waals surface area contributed by atoms with Crippen molar-refractivity contribution in [1.29, 1.82) is 0 Å². The van der Waals surface area contributed by atoms with Crippen LogP contribution in [0.3, 0.4) is 0 Å². The predicted octanol–water partition coefficient (Wildman–Crippen LogP) is -0.269. The molecule has 1 heterocycles. The van der Waals surface area contributed by atoms with Crippen molar-refractivity contribution in [2.45, 2.75) is 25.1 Å². The number of hydrogen-bond acceptors (Lipinski definition) is 4. The summed E-state index contributed by atoms with van der Waals surface area (Å²) in [7, 11) is 0. The first-order valence-corrected chi connectivity index (χ1v) is 5.62. The zero-order valence-electron chi connectivity index (χ0n) is 9.39. The minimum atomic E-state index is -0.431. The third-order valence-corrected chi connectivity index (χ3v) is 2.83. The molecule has 0 aromatic heterocycles. The van der Waals surface area contributed by atoms with Crippen LogP contribution in [-0.4, -0.2) is 34.8 Å². The van der Waals surface area contributed by atoms with Gasteiger partial charge in [0.1, 0.15) is 5.75 Å². The summed E-state index contributed by atoms with van der Waals surface area (Å²) in [6, 6.07) is 6.37. The molecule has 5 nitrogen and oxygen atoms in total. The van der Waals surface area contributed by atoms with Crippen LogP contribution in [-0.2, 0) is 11.3 Å². The standard InChI is InChI=1S/C12H16N2O3/c15-9-3-1-8(2-4-9)6-14-12(17)11-5-10(16)7-13-11/h1-4,10-11,13,15-16H,5-7H2,(H,14,17). The van der Waals surface area contributed by atoms with Crippen molar-refractivity contribution in [2.24, 2.45) is 0 Å². The Bertz CT molecular complexity index is 391. The van der Waals surface area contributed by atoms with E-state index in [0.29, 0.717) is 19.5 Å². The minimum absolute atomic E-state index is 0.102. The second kappa shape index (κ2) is 5.16. The monoisotopic (exact) mass is 236 g/mol. The van der Waals surface area contributed by atoms with Crippen molar-refractivity contribution < 1.29 is 15.0 Å². The number of rotatable bonds is 3. The summed E-state index contributed by atoms with van der Waals surface area (Å²) in [5.41, 5.74) is 0.926. The van der Waals surface area contributed by atoms with E-state index in [4.69, 9.17) is 5.11 Å². The van der Waals surface area contributed by atoms with Crippen LogP contribution in [0, 0.1) is 0 Å². The number of carbonyl (C=O) groups excluding carboxylic acids is 1. The van der Waals surface area contributed by atoms with E-state index in [2.05, 4.69) is 10.6 Å². The molecule has 0 saturated carbocycles. The second-order valence-electron chi connectivity index (χ2n) is 4.23. The molecular formula is C12H16N2O3. The van der Waals surface area contributed by atoms with Gasteiger partial charge in [0, 0.05) is 13.1 Å². The Kier molecular flexibility index (Phi) is 3.61. The number of phenolic OH excluding ortho intramolecular Hbond substituents is 1. The van der Waals surface area contributed by atoms with Crippen LogP contribution in [0.1, 0.15) is 12.0 Å². The van der Waals surface area contributed by atoms with Gasteiger partial charge in [-0.2, -0.15) is 0 Å². The van der Waals surface area contributed by atoms with Crippen LogP contribution in [0.25, 0.3) is 0 Å². The topological polar surface area (TPSA) is 81.6 Å². The van der Waals surface area contributed by atoms with E-state index in [9.17, 15) is 9.90 Å². The Morgan fingerprint density at radius 3 is 2.71 bits per heavy atom. The number of hydrogen-bond donors (Lipinski definition) is 4.